The van der Waals surface area contributed by atoms with Crippen molar-refractivity contribution in [1.29, 1.82) is 0 Å². The van der Waals surface area contributed by atoms with Gasteiger partial charge in [-0.05, 0) is 6.42 Å². The Labute approximate surface area is 120 Å². The van der Waals surface area contributed by atoms with Crippen molar-refractivity contribution in [3.63, 3.8) is 0 Å². The first-order valence-electron chi connectivity index (χ1n) is 5.78. The summed E-state index contributed by atoms with van der Waals surface area (Å²) in [5, 5.41) is 26.4. The van der Waals surface area contributed by atoms with Crippen LogP contribution in [-0.4, -0.2) is 62.4 Å². The van der Waals surface area contributed by atoms with Gasteiger partial charge in [-0.25, -0.2) is 4.79 Å². The topological polar surface area (TPSA) is 132 Å². The normalized spacial score (nSPS) is 13.3. The first-order valence-corrected chi connectivity index (χ1v) is 6.41. The molecular weight excluding hydrogens is 290 g/mol. The molecule has 0 aliphatic rings. The fraction of sp³-hybridized carbons (Fsp3) is 0.636. The predicted octanol–water partition coefficient (Wildman–Crippen LogP) is -0.216. The van der Waals surface area contributed by atoms with E-state index in [-0.39, 0.29) is 12.2 Å². The second kappa shape index (κ2) is 8.41. The Balaban J connectivity index is 5.20. The van der Waals surface area contributed by atoms with Crippen LogP contribution in [0.2, 0.25) is 0 Å². The second-order valence-corrected chi connectivity index (χ2v) is 4.60. The summed E-state index contributed by atoms with van der Waals surface area (Å²) in [7, 11) is 0. The molecule has 0 rings (SSSR count). The lowest BCUT2D eigenvalue weighted by Gasteiger charge is -2.29. The minimum Gasteiger partial charge on any atom is -0.481 e. The van der Waals surface area contributed by atoms with Gasteiger partial charge in [0.25, 0.3) is 0 Å². The highest BCUT2D eigenvalue weighted by Crippen LogP contribution is 2.13. The Bertz CT molecular complexity index is 398. The second-order valence-electron chi connectivity index (χ2n) is 4.23. The SMILES string of the molecule is C[C@H](CS)C(=O)N(CC(=O)O)[C@@H](CCC(=O)O)C(=O)O. The minimum absolute atomic E-state index is 0.125. The Morgan fingerprint density at radius 1 is 1.10 bits per heavy atom. The quantitative estimate of drug-likeness (QED) is 0.433. The highest BCUT2D eigenvalue weighted by Gasteiger charge is 2.33. The van der Waals surface area contributed by atoms with Gasteiger partial charge >= 0.3 is 17.9 Å². The van der Waals surface area contributed by atoms with E-state index in [1.165, 1.54) is 6.92 Å². The number of carbonyl (C=O) groups excluding carboxylic acids is 1. The van der Waals surface area contributed by atoms with Crippen LogP contribution < -0.4 is 0 Å². The first-order chi connectivity index (χ1) is 9.20. The molecule has 9 heteroatoms. The molecule has 0 aliphatic carbocycles. The maximum Gasteiger partial charge on any atom is 0.326 e. The zero-order valence-electron chi connectivity index (χ0n) is 10.9. The molecule has 0 heterocycles. The summed E-state index contributed by atoms with van der Waals surface area (Å²) in [6.45, 7) is 0.688. The number of thiol groups is 1. The summed E-state index contributed by atoms with van der Waals surface area (Å²) >= 11 is 3.91. The molecule has 3 N–H and O–H groups in total. The Morgan fingerprint density at radius 3 is 2.00 bits per heavy atom. The van der Waals surface area contributed by atoms with E-state index >= 15 is 0 Å². The average Bonchev–Trinajstić information content (AvgIpc) is 2.34. The van der Waals surface area contributed by atoms with Crippen molar-refractivity contribution in [2.24, 2.45) is 5.92 Å². The molecule has 0 aromatic heterocycles. The van der Waals surface area contributed by atoms with E-state index in [4.69, 9.17) is 15.3 Å². The molecule has 0 aromatic rings. The van der Waals surface area contributed by atoms with E-state index in [2.05, 4.69) is 12.6 Å². The van der Waals surface area contributed by atoms with E-state index < -0.39 is 48.7 Å². The third-order valence-electron chi connectivity index (χ3n) is 2.58. The van der Waals surface area contributed by atoms with Gasteiger partial charge in [-0.15, -0.1) is 0 Å². The number of amides is 1. The third-order valence-corrected chi connectivity index (χ3v) is 3.12. The van der Waals surface area contributed by atoms with Gasteiger partial charge in [-0.2, -0.15) is 12.6 Å². The molecule has 0 saturated heterocycles. The Morgan fingerprint density at radius 2 is 1.65 bits per heavy atom. The number of aliphatic carboxylic acids is 3. The van der Waals surface area contributed by atoms with Crippen LogP contribution >= 0.6 is 12.6 Å². The number of carboxylic acid groups (broad SMARTS) is 3. The van der Waals surface area contributed by atoms with Crippen LogP contribution in [-0.2, 0) is 19.2 Å². The predicted molar refractivity (Wildman–Crippen MR) is 70.7 cm³/mol. The monoisotopic (exact) mass is 307 g/mol. The van der Waals surface area contributed by atoms with Crippen LogP contribution in [0.1, 0.15) is 19.8 Å². The Hall–Kier alpha value is -1.77. The van der Waals surface area contributed by atoms with Crippen molar-refractivity contribution in [3.8, 4) is 0 Å². The summed E-state index contributed by atoms with van der Waals surface area (Å²) in [6.07, 6.45) is -0.835. The van der Waals surface area contributed by atoms with Gasteiger partial charge in [0.15, 0.2) is 0 Å². The highest BCUT2D eigenvalue weighted by atomic mass is 32.1. The number of hydrogen-bond donors (Lipinski definition) is 4. The molecule has 20 heavy (non-hydrogen) atoms. The summed E-state index contributed by atoms with van der Waals surface area (Å²) in [6, 6.07) is -1.49. The van der Waals surface area contributed by atoms with Crippen molar-refractivity contribution in [1.82, 2.24) is 4.90 Å². The van der Waals surface area contributed by atoms with E-state index in [1.807, 2.05) is 0 Å². The summed E-state index contributed by atoms with van der Waals surface area (Å²) < 4.78 is 0. The number of rotatable bonds is 9. The molecule has 8 nitrogen and oxygen atoms in total. The van der Waals surface area contributed by atoms with Crippen molar-refractivity contribution < 1.29 is 34.5 Å². The third kappa shape index (κ3) is 5.91. The van der Waals surface area contributed by atoms with E-state index in [1.54, 1.807) is 0 Å². The van der Waals surface area contributed by atoms with Crippen LogP contribution in [0, 0.1) is 5.92 Å². The molecule has 0 bridgehead atoms. The minimum atomic E-state index is -1.49. The highest BCUT2D eigenvalue weighted by molar-refractivity contribution is 7.80. The molecule has 0 spiro atoms. The summed E-state index contributed by atoms with van der Waals surface area (Å²) in [5.41, 5.74) is 0. The zero-order chi connectivity index (χ0) is 15.9. The molecule has 0 fully saturated rings. The van der Waals surface area contributed by atoms with Gasteiger partial charge in [0.05, 0.1) is 0 Å². The molecule has 0 aromatic carbocycles. The number of nitrogens with zero attached hydrogens (tertiary/aromatic N) is 1. The van der Waals surface area contributed by atoms with Gasteiger partial charge in [-0.1, -0.05) is 6.92 Å². The van der Waals surface area contributed by atoms with E-state index in [0.29, 0.717) is 4.90 Å². The molecule has 0 unspecified atom stereocenters. The zero-order valence-corrected chi connectivity index (χ0v) is 11.7. The van der Waals surface area contributed by atoms with Gasteiger partial charge in [0.1, 0.15) is 12.6 Å². The average molecular weight is 307 g/mol. The van der Waals surface area contributed by atoms with E-state index in [9.17, 15) is 19.2 Å². The fourth-order valence-corrected chi connectivity index (χ4v) is 1.68. The maximum absolute atomic E-state index is 12.0. The van der Waals surface area contributed by atoms with Crippen LogP contribution in [0.4, 0.5) is 0 Å². The van der Waals surface area contributed by atoms with Gasteiger partial charge in [-0.3, -0.25) is 14.4 Å². The Kier molecular flexibility index (Phi) is 7.67. The molecule has 0 radical (unpaired) electrons. The number of hydrogen-bond acceptors (Lipinski definition) is 5. The lowest BCUT2D eigenvalue weighted by atomic mass is 10.1. The van der Waals surface area contributed by atoms with Gasteiger partial charge in [0, 0.05) is 18.1 Å². The first kappa shape index (κ1) is 18.2. The van der Waals surface area contributed by atoms with Crippen molar-refractivity contribution in [2.75, 3.05) is 12.3 Å². The molecule has 2 atom stereocenters. The van der Waals surface area contributed by atoms with Crippen molar-refractivity contribution in [3.05, 3.63) is 0 Å². The largest absolute Gasteiger partial charge is 0.481 e. The molecular formula is C11H17NO7S. The molecule has 0 saturated carbocycles. The van der Waals surface area contributed by atoms with Crippen LogP contribution in [0.15, 0.2) is 0 Å². The standard InChI is InChI=1S/C11H17NO7S/c1-6(5-20)10(17)12(4-9(15)16)7(11(18)19)2-3-8(13)14/h6-7,20H,2-5H2,1H3,(H,13,14)(H,15,16)(H,18,19)/t6-,7+/m1/s1. The van der Waals surface area contributed by atoms with Crippen LogP contribution in [0.5, 0.6) is 0 Å². The smallest absolute Gasteiger partial charge is 0.326 e. The van der Waals surface area contributed by atoms with Crippen LogP contribution in [0.25, 0.3) is 0 Å². The lowest BCUT2D eigenvalue weighted by molar-refractivity contribution is -0.156. The summed E-state index contributed by atoms with van der Waals surface area (Å²) in [4.78, 5) is 45.1. The van der Waals surface area contributed by atoms with Crippen LogP contribution in [0.3, 0.4) is 0 Å². The van der Waals surface area contributed by atoms with Crippen molar-refractivity contribution in [2.45, 2.75) is 25.8 Å². The fourth-order valence-electron chi connectivity index (χ4n) is 1.52. The van der Waals surface area contributed by atoms with Gasteiger partial charge in [0.2, 0.25) is 5.91 Å². The maximum atomic E-state index is 12.0. The molecule has 1 amide bonds. The molecule has 114 valence electrons. The number of carbonyl (C=O) groups is 4. The lowest BCUT2D eigenvalue weighted by Crippen LogP contribution is -2.49. The molecule has 0 aliphatic heterocycles. The number of carboxylic acids is 3. The van der Waals surface area contributed by atoms with Gasteiger partial charge < -0.3 is 20.2 Å². The van der Waals surface area contributed by atoms with E-state index in [0.717, 1.165) is 0 Å². The van der Waals surface area contributed by atoms with Crippen molar-refractivity contribution >= 4 is 36.4 Å². The summed E-state index contributed by atoms with van der Waals surface area (Å²) in [5.74, 6) is -5.25.